The van der Waals surface area contributed by atoms with Gasteiger partial charge in [0.25, 0.3) is 5.56 Å². The molecule has 0 atom stereocenters. The summed E-state index contributed by atoms with van der Waals surface area (Å²) in [5, 5.41) is 1.99. The van der Waals surface area contributed by atoms with Crippen molar-refractivity contribution in [1.82, 2.24) is 4.57 Å². The summed E-state index contributed by atoms with van der Waals surface area (Å²) in [4.78, 5) is 13.4. The minimum Gasteiger partial charge on any atom is -0.389 e. The predicted molar refractivity (Wildman–Crippen MR) is 74.7 cm³/mol. The van der Waals surface area contributed by atoms with Crippen LogP contribution in [-0.4, -0.2) is 9.56 Å². The fraction of sp³-hybridized carbons (Fsp3) is 0.167. The molecule has 0 unspecified atom stereocenters. The molecule has 0 spiro atoms. The third kappa shape index (κ3) is 2.45. The highest BCUT2D eigenvalue weighted by atomic mass is 32.1. The Morgan fingerprint density at radius 2 is 2.24 bits per heavy atom. The van der Waals surface area contributed by atoms with Crippen LogP contribution in [-0.2, 0) is 6.54 Å². The van der Waals surface area contributed by atoms with Gasteiger partial charge in [-0.15, -0.1) is 11.3 Å². The summed E-state index contributed by atoms with van der Waals surface area (Å²) in [6.45, 7) is 2.47. The van der Waals surface area contributed by atoms with Crippen molar-refractivity contribution >= 4 is 28.5 Å². The van der Waals surface area contributed by atoms with E-state index in [-0.39, 0.29) is 10.5 Å². The minimum atomic E-state index is -0.120. The lowest BCUT2D eigenvalue weighted by Gasteiger charge is -2.10. The molecule has 17 heavy (non-hydrogen) atoms. The van der Waals surface area contributed by atoms with Crippen LogP contribution in [0.25, 0.3) is 0 Å². The van der Waals surface area contributed by atoms with Crippen LogP contribution in [0.5, 0.6) is 0 Å². The van der Waals surface area contributed by atoms with E-state index >= 15 is 0 Å². The minimum absolute atomic E-state index is 0.120. The number of nitrogens with zero attached hydrogens (tertiary/aromatic N) is 1. The molecule has 0 saturated carbocycles. The lowest BCUT2D eigenvalue weighted by atomic mass is 10.2. The van der Waals surface area contributed by atoms with Crippen molar-refractivity contribution in [2.75, 3.05) is 0 Å². The second kappa shape index (κ2) is 4.81. The van der Waals surface area contributed by atoms with E-state index in [1.165, 1.54) is 0 Å². The number of nitrogens with two attached hydrogens (primary N) is 1. The van der Waals surface area contributed by atoms with E-state index in [9.17, 15) is 4.79 Å². The second-order valence-corrected chi connectivity index (χ2v) is 5.20. The Hall–Kier alpha value is -1.46. The molecule has 5 heteroatoms. The second-order valence-electron chi connectivity index (χ2n) is 3.72. The standard InChI is InChI=1S/C12H12N2OS2/c1-8-4-5-10(11(13)16)12(15)14(8)7-9-3-2-6-17-9/h2-6H,7H2,1H3,(H2,13,16). The first-order valence-electron chi connectivity index (χ1n) is 5.12. The summed E-state index contributed by atoms with van der Waals surface area (Å²) in [6, 6.07) is 7.52. The molecular formula is C12H12N2OS2. The molecule has 2 rings (SSSR count). The molecule has 0 aliphatic rings. The third-order valence-electron chi connectivity index (χ3n) is 2.55. The third-order valence-corrected chi connectivity index (χ3v) is 3.63. The van der Waals surface area contributed by atoms with Crippen LogP contribution in [0.4, 0.5) is 0 Å². The normalized spacial score (nSPS) is 10.4. The van der Waals surface area contributed by atoms with Crippen molar-refractivity contribution in [2.45, 2.75) is 13.5 Å². The Morgan fingerprint density at radius 3 is 2.82 bits per heavy atom. The lowest BCUT2D eigenvalue weighted by Crippen LogP contribution is -2.30. The van der Waals surface area contributed by atoms with Crippen LogP contribution >= 0.6 is 23.6 Å². The van der Waals surface area contributed by atoms with Crippen LogP contribution in [0.15, 0.2) is 34.4 Å². The molecule has 2 N–H and O–H groups in total. The van der Waals surface area contributed by atoms with Crippen molar-refractivity contribution in [3.05, 3.63) is 56.1 Å². The molecule has 0 radical (unpaired) electrons. The zero-order chi connectivity index (χ0) is 12.4. The Kier molecular flexibility index (Phi) is 3.40. The number of hydrogen-bond acceptors (Lipinski definition) is 3. The van der Waals surface area contributed by atoms with Gasteiger partial charge in [0.2, 0.25) is 0 Å². The number of aryl methyl sites for hydroxylation is 1. The first-order chi connectivity index (χ1) is 8.09. The zero-order valence-electron chi connectivity index (χ0n) is 9.34. The average Bonchev–Trinajstić information content (AvgIpc) is 2.76. The van der Waals surface area contributed by atoms with Crippen molar-refractivity contribution in [2.24, 2.45) is 5.73 Å². The van der Waals surface area contributed by atoms with Gasteiger partial charge >= 0.3 is 0 Å². The number of aromatic nitrogens is 1. The first kappa shape index (κ1) is 12.0. The number of hydrogen-bond donors (Lipinski definition) is 1. The fourth-order valence-corrected chi connectivity index (χ4v) is 2.46. The van der Waals surface area contributed by atoms with E-state index in [0.29, 0.717) is 12.1 Å². The number of rotatable bonds is 3. The fourth-order valence-electron chi connectivity index (χ4n) is 1.61. The Morgan fingerprint density at radius 1 is 1.47 bits per heavy atom. The zero-order valence-corrected chi connectivity index (χ0v) is 11.0. The molecule has 0 amide bonds. The van der Waals surface area contributed by atoms with E-state index in [1.54, 1.807) is 22.0 Å². The largest absolute Gasteiger partial charge is 0.389 e. The van der Waals surface area contributed by atoms with Crippen LogP contribution in [0, 0.1) is 6.92 Å². The maximum Gasteiger partial charge on any atom is 0.261 e. The van der Waals surface area contributed by atoms with Crippen molar-refractivity contribution in [1.29, 1.82) is 0 Å². The van der Waals surface area contributed by atoms with Crippen molar-refractivity contribution < 1.29 is 0 Å². The Bertz CT molecular complexity index is 599. The summed E-state index contributed by atoms with van der Waals surface area (Å²) >= 11 is 6.49. The maximum absolute atomic E-state index is 12.2. The van der Waals surface area contributed by atoms with Crippen LogP contribution < -0.4 is 11.3 Å². The monoisotopic (exact) mass is 264 g/mol. The smallest absolute Gasteiger partial charge is 0.261 e. The molecule has 2 heterocycles. The van der Waals surface area contributed by atoms with Crippen LogP contribution in [0.2, 0.25) is 0 Å². The summed E-state index contributed by atoms with van der Waals surface area (Å²) < 4.78 is 1.69. The maximum atomic E-state index is 12.2. The highest BCUT2D eigenvalue weighted by Gasteiger charge is 2.09. The van der Waals surface area contributed by atoms with E-state index in [0.717, 1.165) is 10.6 Å². The van der Waals surface area contributed by atoms with Crippen molar-refractivity contribution in [3.8, 4) is 0 Å². The van der Waals surface area contributed by atoms with E-state index in [4.69, 9.17) is 18.0 Å². The van der Waals surface area contributed by atoms with Gasteiger partial charge in [-0.05, 0) is 30.5 Å². The van der Waals surface area contributed by atoms with Gasteiger partial charge < -0.3 is 10.3 Å². The first-order valence-corrected chi connectivity index (χ1v) is 6.41. The quantitative estimate of drug-likeness (QED) is 0.861. The summed E-state index contributed by atoms with van der Waals surface area (Å²) in [5.74, 6) is 0. The molecule has 0 fully saturated rings. The molecule has 0 aromatic carbocycles. The highest BCUT2D eigenvalue weighted by Crippen LogP contribution is 2.11. The molecule has 0 saturated heterocycles. The number of pyridine rings is 1. The Balaban J connectivity index is 2.49. The molecule has 2 aromatic heterocycles. The highest BCUT2D eigenvalue weighted by molar-refractivity contribution is 7.80. The molecule has 0 aliphatic carbocycles. The van der Waals surface area contributed by atoms with Gasteiger partial charge in [-0.2, -0.15) is 0 Å². The summed E-state index contributed by atoms with van der Waals surface area (Å²) in [6.07, 6.45) is 0. The van der Waals surface area contributed by atoms with E-state index in [2.05, 4.69) is 0 Å². The van der Waals surface area contributed by atoms with E-state index < -0.39 is 0 Å². The molecule has 2 aromatic rings. The van der Waals surface area contributed by atoms with Gasteiger partial charge in [0, 0.05) is 10.6 Å². The van der Waals surface area contributed by atoms with Gasteiger partial charge in [-0.1, -0.05) is 18.3 Å². The van der Waals surface area contributed by atoms with E-state index in [1.807, 2.05) is 30.5 Å². The van der Waals surface area contributed by atoms with Gasteiger partial charge in [-0.25, -0.2) is 0 Å². The van der Waals surface area contributed by atoms with Gasteiger partial charge in [-0.3, -0.25) is 4.79 Å². The molecule has 0 aliphatic heterocycles. The SMILES string of the molecule is Cc1ccc(C(N)=S)c(=O)n1Cc1cccs1. The molecule has 88 valence electrons. The van der Waals surface area contributed by atoms with Crippen molar-refractivity contribution in [3.63, 3.8) is 0 Å². The summed E-state index contributed by atoms with van der Waals surface area (Å²) in [5.41, 5.74) is 6.72. The average molecular weight is 264 g/mol. The molecular weight excluding hydrogens is 252 g/mol. The summed E-state index contributed by atoms with van der Waals surface area (Å²) in [7, 11) is 0. The number of thiophene rings is 1. The molecule has 0 bridgehead atoms. The Labute approximate surface area is 109 Å². The number of thiocarbonyl (C=S) groups is 1. The lowest BCUT2D eigenvalue weighted by molar-refractivity contribution is 0.737. The van der Waals surface area contributed by atoms with Crippen LogP contribution in [0.1, 0.15) is 16.1 Å². The van der Waals surface area contributed by atoms with Gasteiger partial charge in [0.15, 0.2) is 0 Å². The topological polar surface area (TPSA) is 48.0 Å². The predicted octanol–water partition coefficient (Wildman–Crippen LogP) is 1.90. The molecule has 3 nitrogen and oxygen atoms in total. The van der Waals surface area contributed by atoms with Gasteiger partial charge in [0.05, 0.1) is 12.1 Å². The van der Waals surface area contributed by atoms with Gasteiger partial charge in [0.1, 0.15) is 4.99 Å². The van der Waals surface area contributed by atoms with Crippen LogP contribution in [0.3, 0.4) is 0 Å².